The average Bonchev–Trinajstić information content (AvgIpc) is 2.51. The Morgan fingerprint density at radius 1 is 0.913 bits per heavy atom. The van der Waals surface area contributed by atoms with Crippen LogP contribution in [-0.2, 0) is 12.6 Å². The molecule has 23 heavy (non-hydrogen) atoms. The van der Waals surface area contributed by atoms with Gasteiger partial charge in [0, 0.05) is 0 Å². The molecular formula is C17H11F5O. The Morgan fingerprint density at radius 2 is 1.57 bits per heavy atom. The number of hydrogen-bond acceptors (Lipinski definition) is 1. The van der Waals surface area contributed by atoms with Crippen molar-refractivity contribution in [2.24, 2.45) is 0 Å². The second-order valence-electron chi connectivity index (χ2n) is 5.15. The van der Waals surface area contributed by atoms with Crippen LogP contribution in [0.3, 0.4) is 0 Å². The van der Waals surface area contributed by atoms with Crippen molar-refractivity contribution in [1.29, 1.82) is 0 Å². The highest BCUT2D eigenvalue weighted by atomic mass is 19.4. The number of fused-ring (bicyclic) bond motifs is 1. The Bertz CT molecular complexity index is 760. The molecule has 1 aliphatic heterocycles. The summed E-state index contributed by atoms with van der Waals surface area (Å²) in [6.07, 6.45) is -2.62. The Kier molecular flexibility index (Phi) is 3.83. The molecule has 0 radical (unpaired) electrons. The summed E-state index contributed by atoms with van der Waals surface area (Å²) in [4.78, 5) is 0. The molecule has 2 aromatic carbocycles. The normalized spacial score (nSPS) is 14.0. The highest BCUT2D eigenvalue weighted by Crippen LogP contribution is 2.36. The predicted molar refractivity (Wildman–Crippen MR) is 75.0 cm³/mol. The summed E-state index contributed by atoms with van der Waals surface area (Å²) < 4.78 is 70.5. The van der Waals surface area contributed by atoms with Gasteiger partial charge in [0.25, 0.3) is 0 Å². The number of halogens is 5. The molecule has 0 aromatic heterocycles. The fourth-order valence-corrected chi connectivity index (χ4v) is 2.49. The molecule has 1 heterocycles. The molecule has 0 amide bonds. The molecule has 0 saturated carbocycles. The van der Waals surface area contributed by atoms with Crippen molar-refractivity contribution in [1.82, 2.24) is 0 Å². The van der Waals surface area contributed by atoms with Crippen molar-refractivity contribution >= 4 is 5.57 Å². The highest BCUT2D eigenvalue weighted by molar-refractivity contribution is 5.74. The minimum absolute atomic E-state index is 0.0242. The Hall–Kier alpha value is -2.37. The maximum atomic E-state index is 14.0. The monoisotopic (exact) mass is 326 g/mol. The predicted octanol–water partition coefficient (Wildman–Crippen LogP) is 5.00. The number of benzene rings is 2. The standard InChI is InChI=1S/C17H11F5O/c18-13-5-6-14(19)16-15(13)11(7-8-23-16)9-10-1-3-12(4-2-10)17(20,21)22/h1-7H,8-9H2. The smallest absolute Gasteiger partial charge is 0.416 e. The van der Waals surface area contributed by atoms with Crippen LogP contribution >= 0.6 is 0 Å². The molecule has 0 unspecified atom stereocenters. The van der Waals surface area contributed by atoms with Gasteiger partial charge in [0.15, 0.2) is 11.6 Å². The summed E-state index contributed by atoms with van der Waals surface area (Å²) in [6.45, 7) is 0.0866. The lowest BCUT2D eigenvalue weighted by molar-refractivity contribution is -0.137. The number of allylic oxidation sites excluding steroid dienone is 1. The highest BCUT2D eigenvalue weighted by Gasteiger charge is 2.30. The third kappa shape index (κ3) is 3.06. The van der Waals surface area contributed by atoms with E-state index >= 15 is 0 Å². The van der Waals surface area contributed by atoms with Gasteiger partial charge in [0.2, 0.25) is 0 Å². The minimum Gasteiger partial charge on any atom is -0.486 e. The largest absolute Gasteiger partial charge is 0.486 e. The van der Waals surface area contributed by atoms with Gasteiger partial charge >= 0.3 is 6.18 Å². The lowest BCUT2D eigenvalue weighted by Crippen LogP contribution is -2.10. The Morgan fingerprint density at radius 3 is 2.22 bits per heavy atom. The summed E-state index contributed by atoms with van der Waals surface area (Å²) in [5.41, 5.74) is 0.333. The van der Waals surface area contributed by atoms with Crippen molar-refractivity contribution < 1.29 is 26.7 Å². The van der Waals surface area contributed by atoms with Gasteiger partial charge in [-0.05, 0) is 47.9 Å². The van der Waals surface area contributed by atoms with E-state index in [9.17, 15) is 22.0 Å². The zero-order chi connectivity index (χ0) is 16.6. The molecule has 1 aliphatic rings. The van der Waals surface area contributed by atoms with Gasteiger partial charge in [0.1, 0.15) is 12.4 Å². The van der Waals surface area contributed by atoms with E-state index in [1.54, 1.807) is 6.08 Å². The van der Waals surface area contributed by atoms with E-state index in [1.165, 1.54) is 12.1 Å². The third-order valence-corrected chi connectivity index (χ3v) is 3.61. The van der Waals surface area contributed by atoms with E-state index in [1.807, 2.05) is 0 Å². The molecule has 3 rings (SSSR count). The second-order valence-corrected chi connectivity index (χ2v) is 5.15. The molecule has 0 spiro atoms. The van der Waals surface area contributed by atoms with Gasteiger partial charge in [-0.15, -0.1) is 0 Å². The van der Waals surface area contributed by atoms with Gasteiger partial charge < -0.3 is 4.74 Å². The molecular weight excluding hydrogens is 315 g/mol. The first-order chi connectivity index (χ1) is 10.9. The van der Waals surface area contributed by atoms with Crippen LogP contribution in [0.15, 0.2) is 42.5 Å². The topological polar surface area (TPSA) is 9.23 Å². The fourth-order valence-electron chi connectivity index (χ4n) is 2.49. The molecule has 0 atom stereocenters. The van der Waals surface area contributed by atoms with Gasteiger partial charge in [-0.25, -0.2) is 8.78 Å². The SMILES string of the molecule is Fc1ccc(F)c2c1OCC=C2Cc1ccc(C(F)(F)F)cc1. The first-order valence-corrected chi connectivity index (χ1v) is 6.82. The van der Waals surface area contributed by atoms with Crippen LogP contribution in [-0.4, -0.2) is 6.61 Å². The molecule has 0 saturated heterocycles. The van der Waals surface area contributed by atoms with Crippen LogP contribution in [0.5, 0.6) is 5.75 Å². The summed E-state index contributed by atoms with van der Waals surface area (Å²) in [6, 6.07) is 6.58. The molecule has 0 fully saturated rings. The summed E-state index contributed by atoms with van der Waals surface area (Å²) in [7, 11) is 0. The maximum absolute atomic E-state index is 14.0. The van der Waals surface area contributed by atoms with Crippen molar-refractivity contribution in [3.8, 4) is 5.75 Å². The third-order valence-electron chi connectivity index (χ3n) is 3.61. The number of ether oxygens (including phenoxy) is 1. The second kappa shape index (κ2) is 5.68. The van der Waals surface area contributed by atoms with Crippen molar-refractivity contribution in [2.75, 3.05) is 6.61 Å². The van der Waals surface area contributed by atoms with E-state index in [-0.39, 0.29) is 24.3 Å². The molecule has 120 valence electrons. The summed E-state index contributed by atoms with van der Waals surface area (Å²) >= 11 is 0. The molecule has 2 aromatic rings. The van der Waals surface area contributed by atoms with Gasteiger partial charge in [-0.3, -0.25) is 0 Å². The zero-order valence-electron chi connectivity index (χ0n) is 11.8. The van der Waals surface area contributed by atoms with Gasteiger partial charge in [0.05, 0.1) is 11.1 Å². The van der Waals surface area contributed by atoms with Crippen LogP contribution in [0, 0.1) is 11.6 Å². The zero-order valence-corrected chi connectivity index (χ0v) is 11.8. The van der Waals surface area contributed by atoms with E-state index in [0.717, 1.165) is 24.3 Å². The van der Waals surface area contributed by atoms with Gasteiger partial charge in [-0.1, -0.05) is 12.1 Å². The van der Waals surface area contributed by atoms with Crippen LogP contribution < -0.4 is 4.74 Å². The van der Waals surface area contributed by atoms with Crippen LogP contribution in [0.1, 0.15) is 16.7 Å². The van der Waals surface area contributed by atoms with E-state index in [4.69, 9.17) is 4.74 Å². The molecule has 6 heteroatoms. The maximum Gasteiger partial charge on any atom is 0.416 e. The van der Waals surface area contributed by atoms with Gasteiger partial charge in [-0.2, -0.15) is 13.2 Å². The Balaban J connectivity index is 1.90. The number of hydrogen-bond donors (Lipinski definition) is 0. The van der Waals surface area contributed by atoms with Crippen molar-refractivity contribution in [3.63, 3.8) is 0 Å². The first kappa shape index (κ1) is 15.5. The lowest BCUT2D eigenvalue weighted by atomic mass is 9.94. The first-order valence-electron chi connectivity index (χ1n) is 6.82. The summed E-state index contributed by atoms with van der Waals surface area (Å²) in [5, 5.41) is 0. The van der Waals surface area contributed by atoms with Crippen molar-refractivity contribution in [3.05, 3.63) is 70.8 Å². The fraction of sp³-hybridized carbons (Fsp3) is 0.176. The van der Waals surface area contributed by atoms with Crippen LogP contribution in [0.2, 0.25) is 0 Å². The summed E-state index contributed by atoms with van der Waals surface area (Å²) in [5.74, 6) is -1.45. The Labute approximate surface area is 129 Å². The average molecular weight is 326 g/mol. The van der Waals surface area contributed by atoms with Crippen LogP contribution in [0.4, 0.5) is 22.0 Å². The molecule has 0 bridgehead atoms. The molecule has 1 nitrogen and oxygen atoms in total. The lowest BCUT2D eigenvalue weighted by Gasteiger charge is -2.20. The minimum atomic E-state index is -4.40. The molecule has 0 aliphatic carbocycles. The molecule has 0 N–H and O–H groups in total. The van der Waals surface area contributed by atoms with Crippen molar-refractivity contribution in [2.45, 2.75) is 12.6 Å². The quantitative estimate of drug-likeness (QED) is 0.706. The number of rotatable bonds is 2. The van der Waals surface area contributed by atoms with Crippen LogP contribution in [0.25, 0.3) is 5.57 Å². The number of alkyl halides is 3. The van der Waals surface area contributed by atoms with E-state index < -0.39 is 23.4 Å². The van der Waals surface area contributed by atoms with E-state index in [2.05, 4.69) is 0 Å². The van der Waals surface area contributed by atoms with E-state index in [0.29, 0.717) is 11.1 Å².